The summed E-state index contributed by atoms with van der Waals surface area (Å²) in [4.78, 5) is 9.04. The van der Waals surface area contributed by atoms with Crippen LogP contribution in [0.4, 0.5) is 23.1 Å². The highest BCUT2D eigenvalue weighted by Gasteiger charge is 2.09. The number of ether oxygens (including phenoxy) is 1. The fraction of sp³-hybridized carbons (Fsp3) is 0.200. The van der Waals surface area contributed by atoms with Crippen molar-refractivity contribution >= 4 is 34.7 Å². The average Bonchev–Trinajstić information content (AvgIpc) is 2.58. The summed E-state index contributed by atoms with van der Waals surface area (Å²) in [5.41, 5.74) is 4.78. The maximum Gasteiger partial charge on any atom is 0.229 e. The molecule has 134 valence electrons. The summed E-state index contributed by atoms with van der Waals surface area (Å²) >= 11 is 6.10. The molecule has 2 aromatic carbocycles. The standard InChI is InChI=1S/C20H21ClN4O/c1-12-5-8-18(26-4)17(9-12)24-20-22-14(3)10-19(25-20)23-16-11-15(21)7-6-13(16)2/h5-11H,1-4H3,(H2,22,23,24,25). The van der Waals surface area contributed by atoms with Gasteiger partial charge in [0.05, 0.1) is 12.8 Å². The van der Waals surface area contributed by atoms with Gasteiger partial charge in [0.25, 0.3) is 0 Å². The maximum atomic E-state index is 6.10. The third-order valence-electron chi connectivity index (χ3n) is 3.92. The van der Waals surface area contributed by atoms with E-state index in [4.69, 9.17) is 16.3 Å². The van der Waals surface area contributed by atoms with Crippen LogP contribution in [0.5, 0.6) is 5.75 Å². The molecule has 0 fully saturated rings. The summed E-state index contributed by atoms with van der Waals surface area (Å²) in [6, 6.07) is 13.5. The fourth-order valence-electron chi connectivity index (χ4n) is 2.60. The summed E-state index contributed by atoms with van der Waals surface area (Å²) in [5.74, 6) is 1.92. The molecule has 0 aliphatic carbocycles. The van der Waals surface area contributed by atoms with Gasteiger partial charge in [-0.3, -0.25) is 0 Å². The molecule has 0 aliphatic heterocycles. The van der Waals surface area contributed by atoms with Gasteiger partial charge >= 0.3 is 0 Å². The lowest BCUT2D eigenvalue weighted by Crippen LogP contribution is -2.04. The Hall–Kier alpha value is -2.79. The molecule has 0 radical (unpaired) electrons. The first-order valence-corrected chi connectivity index (χ1v) is 8.63. The molecule has 0 atom stereocenters. The van der Waals surface area contributed by atoms with Gasteiger partial charge in [0.1, 0.15) is 11.6 Å². The molecule has 3 rings (SSSR count). The van der Waals surface area contributed by atoms with Crippen LogP contribution in [0, 0.1) is 20.8 Å². The minimum absolute atomic E-state index is 0.496. The monoisotopic (exact) mass is 368 g/mol. The van der Waals surface area contributed by atoms with Crippen LogP contribution in [0.3, 0.4) is 0 Å². The summed E-state index contributed by atoms with van der Waals surface area (Å²) in [7, 11) is 1.64. The molecule has 26 heavy (non-hydrogen) atoms. The van der Waals surface area contributed by atoms with Gasteiger partial charge in [-0.05, 0) is 56.2 Å². The largest absolute Gasteiger partial charge is 0.495 e. The smallest absolute Gasteiger partial charge is 0.229 e. The van der Waals surface area contributed by atoms with Crippen LogP contribution in [-0.2, 0) is 0 Å². The van der Waals surface area contributed by atoms with Crippen molar-refractivity contribution < 1.29 is 4.74 Å². The Bertz CT molecular complexity index is 943. The summed E-state index contributed by atoms with van der Waals surface area (Å²) < 4.78 is 5.41. The predicted molar refractivity (Wildman–Crippen MR) is 107 cm³/mol. The normalized spacial score (nSPS) is 10.5. The number of benzene rings is 2. The molecule has 0 bridgehead atoms. The van der Waals surface area contributed by atoms with Gasteiger partial charge in [-0.15, -0.1) is 0 Å². The van der Waals surface area contributed by atoms with Gasteiger partial charge in [0.2, 0.25) is 5.95 Å². The molecule has 5 nitrogen and oxygen atoms in total. The van der Waals surface area contributed by atoms with Crippen molar-refractivity contribution in [3.8, 4) is 5.75 Å². The second kappa shape index (κ2) is 7.62. The second-order valence-corrected chi connectivity index (χ2v) is 6.57. The number of anilines is 4. The van der Waals surface area contributed by atoms with Gasteiger partial charge in [-0.1, -0.05) is 23.7 Å². The lowest BCUT2D eigenvalue weighted by atomic mass is 10.2. The Morgan fingerprint density at radius 1 is 0.885 bits per heavy atom. The zero-order chi connectivity index (χ0) is 18.7. The van der Waals surface area contributed by atoms with Crippen LogP contribution in [0.25, 0.3) is 0 Å². The number of aromatic nitrogens is 2. The van der Waals surface area contributed by atoms with Crippen molar-refractivity contribution in [1.82, 2.24) is 9.97 Å². The number of methoxy groups -OCH3 is 1. The van der Waals surface area contributed by atoms with E-state index in [0.29, 0.717) is 16.8 Å². The van der Waals surface area contributed by atoms with Crippen LogP contribution in [0.2, 0.25) is 5.02 Å². The topological polar surface area (TPSA) is 59.1 Å². The Kier molecular flexibility index (Phi) is 5.28. The molecule has 6 heteroatoms. The Labute approximate surface area is 158 Å². The van der Waals surface area contributed by atoms with Crippen molar-refractivity contribution in [3.05, 3.63) is 64.3 Å². The first-order valence-electron chi connectivity index (χ1n) is 8.25. The van der Waals surface area contributed by atoms with Crippen molar-refractivity contribution in [3.63, 3.8) is 0 Å². The molecular formula is C20H21ClN4O. The summed E-state index contributed by atoms with van der Waals surface area (Å²) in [5, 5.41) is 7.23. The third kappa shape index (κ3) is 4.24. The number of hydrogen-bond acceptors (Lipinski definition) is 5. The highest BCUT2D eigenvalue weighted by molar-refractivity contribution is 6.30. The van der Waals surface area contributed by atoms with Crippen LogP contribution < -0.4 is 15.4 Å². The molecule has 1 aromatic heterocycles. The van der Waals surface area contributed by atoms with E-state index in [1.54, 1.807) is 7.11 Å². The fourth-order valence-corrected chi connectivity index (χ4v) is 2.77. The quantitative estimate of drug-likeness (QED) is 0.618. The van der Waals surface area contributed by atoms with Crippen molar-refractivity contribution in [2.45, 2.75) is 20.8 Å². The molecule has 0 amide bonds. The van der Waals surface area contributed by atoms with E-state index < -0.39 is 0 Å². The van der Waals surface area contributed by atoms with Crippen LogP contribution in [0.15, 0.2) is 42.5 Å². The molecule has 0 saturated heterocycles. The Morgan fingerprint density at radius 3 is 2.46 bits per heavy atom. The van der Waals surface area contributed by atoms with E-state index in [0.717, 1.165) is 33.9 Å². The minimum atomic E-state index is 0.496. The zero-order valence-corrected chi connectivity index (χ0v) is 16.0. The lowest BCUT2D eigenvalue weighted by Gasteiger charge is -2.14. The zero-order valence-electron chi connectivity index (χ0n) is 15.2. The highest BCUT2D eigenvalue weighted by Crippen LogP contribution is 2.29. The van der Waals surface area contributed by atoms with Crippen LogP contribution in [0.1, 0.15) is 16.8 Å². The van der Waals surface area contributed by atoms with E-state index in [9.17, 15) is 0 Å². The van der Waals surface area contributed by atoms with E-state index in [1.165, 1.54) is 0 Å². The van der Waals surface area contributed by atoms with Crippen LogP contribution >= 0.6 is 11.6 Å². The Morgan fingerprint density at radius 2 is 1.69 bits per heavy atom. The van der Waals surface area contributed by atoms with Crippen LogP contribution in [-0.4, -0.2) is 17.1 Å². The number of nitrogens with zero attached hydrogens (tertiary/aromatic N) is 2. The van der Waals surface area contributed by atoms with E-state index in [1.807, 2.05) is 63.2 Å². The van der Waals surface area contributed by atoms with E-state index in [2.05, 4.69) is 20.6 Å². The summed E-state index contributed by atoms with van der Waals surface area (Å²) in [6.07, 6.45) is 0. The van der Waals surface area contributed by atoms with Gasteiger partial charge in [0.15, 0.2) is 0 Å². The maximum absolute atomic E-state index is 6.10. The minimum Gasteiger partial charge on any atom is -0.495 e. The first-order chi connectivity index (χ1) is 12.4. The molecular weight excluding hydrogens is 348 g/mol. The van der Waals surface area contributed by atoms with Gasteiger partial charge in [-0.2, -0.15) is 4.98 Å². The number of nitrogens with one attached hydrogen (secondary N) is 2. The van der Waals surface area contributed by atoms with Gasteiger partial charge < -0.3 is 15.4 Å². The Balaban J connectivity index is 1.91. The van der Waals surface area contributed by atoms with E-state index in [-0.39, 0.29) is 0 Å². The SMILES string of the molecule is COc1ccc(C)cc1Nc1nc(C)cc(Nc2cc(Cl)ccc2C)n1. The van der Waals surface area contributed by atoms with Crippen molar-refractivity contribution in [2.24, 2.45) is 0 Å². The van der Waals surface area contributed by atoms with Gasteiger partial charge in [-0.25, -0.2) is 4.98 Å². The van der Waals surface area contributed by atoms with Crippen molar-refractivity contribution in [1.29, 1.82) is 0 Å². The number of halogens is 1. The number of hydrogen-bond donors (Lipinski definition) is 2. The molecule has 3 aromatic rings. The molecule has 2 N–H and O–H groups in total. The second-order valence-electron chi connectivity index (χ2n) is 6.13. The van der Waals surface area contributed by atoms with Crippen molar-refractivity contribution in [2.75, 3.05) is 17.7 Å². The molecule has 0 saturated carbocycles. The molecule has 0 unspecified atom stereocenters. The summed E-state index contributed by atoms with van der Waals surface area (Å²) in [6.45, 7) is 5.97. The molecule has 1 heterocycles. The third-order valence-corrected chi connectivity index (χ3v) is 4.15. The number of aryl methyl sites for hydroxylation is 3. The first kappa shape index (κ1) is 18.0. The highest BCUT2D eigenvalue weighted by atomic mass is 35.5. The molecule has 0 aliphatic rings. The number of rotatable bonds is 5. The lowest BCUT2D eigenvalue weighted by molar-refractivity contribution is 0.416. The average molecular weight is 369 g/mol. The van der Waals surface area contributed by atoms with Gasteiger partial charge in [0, 0.05) is 22.5 Å². The predicted octanol–water partition coefficient (Wildman–Crippen LogP) is 5.55. The molecule has 0 spiro atoms. The van der Waals surface area contributed by atoms with E-state index >= 15 is 0 Å².